The number of halogens is 1. The van der Waals surface area contributed by atoms with E-state index in [4.69, 9.17) is 11.6 Å². The molecule has 2 N–H and O–H groups in total. The Morgan fingerprint density at radius 1 is 1.16 bits per heavy atom. The summed E-state index contributed by atoms with van der Waals surface area (Å²) in [5.41, 5.74) is 2.54. The van der Waals surface area contributed by atoms with Gasteiger partial charge in [0.25, 0.3) is 5.91 Å². The van der Waals surface area contributed by atoms with Crippen molar-refractivity contribution >= 4 is 23.2 Å². The number of hydrogen-bond acceptors (Lipinski definition) is 2. The summed E-state index contributed by atoms with van der Waals surface area (Å²) in [6.07, 6.45) is 0. The molecule has 0 saturated carbocycles. The lowest BCUT2D eigenvalue weighted by Gasteiger charge is -2.10. The first-order chi connectivity index (χ1) is 8.97. The summed E-state index contributed by atoms with van der Waals surface area (Å²) in [5, 5.41) is 13.0. The van der Waals surface area contributed by atoms with Gasteiger partial charge >= 0.3 is 0 Å². The van der Waals surface area contributed by atoms with Crippen molar-refractivity contribution in [3.05, 3.63) is 58.1 Å². The second-order valence-corrected chi connectivity index (χ2v) is 4.88. The predicted molar refractivity (Wildman–Crippen MR) is 77.0 cm³/mol. The van der Waals surface area contributed by atoms with Gasteiger partial charge in [0.2, 0.25) is 0 Å². The maximum atomic E-state index is 12.0. The summed E-state index contributed by atoms with van der Waals surface area (Å²) in [5.74, 6) is -0.248. The molecule has 98 valence electrons. The average molecular weight is 276 g/mol. The van der Waals surface area contributed by atoms with Crippen LogP contribution in [0.3, 0.4) is 0 Å². The molecule has 0 bridgehead atoms. The fraction of sp³-hybridized carbons (Fsp3) is 0.133. The number of phenolic OH excluding ortho intramolecular Hbond substituents is 1. The molecule has 1 amide bonds. The van der Waals surface area contributed by atoms with Crippen LogP contribution < -0.4 is 5.32 Å². The van der Waals surface area contributed by atoms with E-state index in [2.05, 4.69) is 5.32 Å². The van der Waals surface area contributed by atoms with E-state index >= 15 is 0 Å². The molecule has 0 unspecified atom stereocenters. The Balaban J connectivity index is 2.26. The molecule has 2 aromatic rings. The first-order valence-corrected chi connectivity index (χ1v) is 6.22. The van der Waals surface area contributed by atoms with Gasteiger partial charge in [-0.3, -0.25) is 4.79 Å². The molecule has 0 aliphatic heterocycles. The molecule has 0 aliphatic carbocycles. The summed E-state index contributed by atoms with van der Waals surface area (Å²) in [7, 11) is 0. The number of anilines is 1. The van der Waals surface area contributed by atoms with Gasteiger partial charge in [0, 0.05) is 10.6 Å². The molecule has 2 rings (SSSR count). The van der Waals surface area contributed by atoms with Gasteiger partial charge in [-0.25, -0.2) is 0 Å². The third-order valence-corrected chi connectivity index (χ3v) is 3.05. The Morgan fingerprint density at radius 2 is 1.79 bits per heavy atom. The molecule has 0 saturated heterocycles. The van der Waals surface area contributed by atoms with E-state index in [1.165, 1.54) is 6.07 Å². The minimum Gasteiger partial charge on any atom is -0.505 e. The lowest BCUT2D eigenvalue weighted by Crippen LogP contribution is -2.12. The van der Waals surface area contributed by atoms with Crippen molar-refractivity contribution in [3.8, 4) is 5.75 Å². The number of carbonyl (C=O) groups is 1. The van der Waals surface area contributed by atoms with Crippen LogP contribution in [-0.2, 0) is 0 Å². The molecule has 19 heavy (non-hydrogen) atoms. The number of hydrogen-bond donors (Lipinski definition) is 2. The average Bonchev–Trinajstić information content (AvgIpc) is 2.36. The topological polar surface area (TPSA) is 49.3 Å². The number of carbonyl (C=O) groups excluding carboxylic acids is 1. The lowest BCUT2D eigenvalue weighted by atomic mass is 10.1. The molecule has 0 aliphatic rings. The fourth-order valence-electron chi connectivity index (χ4n) is 1.73. The van der Waals surface area contributed by atoms with Gasteiger partial charge in [-0.15, -0.1) is 0 Å². The number of benzene rings is 2. The summed E-state index contributed by atoms with van der Waals surface area (Å²) in [6.45, 7) is 3.68. The van der Waals surface area contributed by atoms with E-state index < -0.39 is 0 Å². The van der Waals surface area contributed by atoms with Crippen LogP contribution in [0.25, 0.3) is 0 Å². The Labute approximate surface area is 116 Å². The number of aromatic hydroxyl groups is 1. The standard InChI is InChI=1S/C15H14ClNO2/c1-9-3-5-11(6-4-9)15(19)17-13-8-12(16)7-10(2)14(13)18/h3-8,18H,1-2H3,(H,17,19). The largest absolute Gasteiger partial charge is 0.505 e. The van der Waals surface area contributed by atoms with Crippen LogP contribution >= 0.6 is 11.6 Å². The normalized spacial score (nSPS) is 10.3. The second-order valence-electron chi connectivity index (χ2n) is 4.44. The lowest BCUT2D eigenvalue weighted by molar-refractivity contribution is 0.102. The van der Waals surface area contributed by atoms with Crippen LogP contribution in [-0.4, -0.2) is 11.0 Å². The summed E-state index contributed by atoms with van der Waals surface area (Å²) >= 11 is 5.91. The minimum atomic E-state index is -0.281. The molecule has 4 heteroatoms. The van der Waals surface area contributed by atoms with Crippen molar-refractivity contribution in [1.82, 2.24) is 0 Å². The van der Waals surface area contributed by atoms with Crippen LogP contribution in [0.2, 0.25) is 5.02 Å². The van der Waals surface area contributed by atoms with E-state index in [9.17, 15) is 9.90 Å². The van der Waals surface area contributed by atoms with Crippen LogP contribution in [0, 0.1) is 13.8 Å². The quantitative estimate of drug-likeness (QED) is 0.816. The molecule has 0 radical (unpaired) electrons. The number of phenols is 1. The van der Waals surface area contributed by atoms with E-state index in [1.807, 2.05) is 19.1 Å². The van der Waals surface area contributed by atoms with Gasteiger partial charge in [0.05, 0.1) is 5.69 Å². The highest BCUT2D eigenvalue weighted by Gasteiger charge is 2.11. The van der Waals surface area contributed by atoms with Gasteiger partial charge in [0.15, 0.2) is 0 Å². The predicted octanol–water partition coefficient (Wildman–Crippen LogP) is 3.91. The molecular formula is C15H14ClNO2. The highest BCUT2D eigenvalue weighted by molar-refractivity contribution is 6.31. The molecule has 0 fully saturated rings. The third-order valence-electron chi connectivity index (χ3n) is 2.83. The molecule has 0 aromatic heterocycles. The highest BCUT2D eigenvalue weighted by atomic mass is 35.5. The van der Waals surface area contributed by atoms with Gasteiger partial charge < -0.3 is 10.4 Å². The van der Waals surface area contributed by atoms with Gasteiger partial charge in [-0.05, 0) is 43.7 Å². The molecule has 0 heterocycles. The summed E-state index contributed by atoms with van der Waals surface area (Å²) < 4.78 is 0. The van der Waals surface area contributed by atoms with Crippen molar-refractivity contribution in [1.29, 1.82) is 0 Å². The third kappa shape index (κ3) is 3.06. The zero-order chi connectivity index (χ0) is 14.0. The SMILES string of the molecule is Cc1ccc(C(=O)Nc2cc(Cl)cc(C)c2O)cc1. The Hall–Kier alpha value is -2.00. The highest BCUT2D eigenvalue weighted by Crippen LogP contribution is 2.31. The van der Waals surface area contributed by atoms with Gasteiger partial charge in [-0.1, -0.05) is 29.3 Å². The van der Waals surface area contributed by atoms with E-state index in [0.29, 0.717) is 21.8 Å². The van der Waals surface area contributed by atoms with Crippen LogP contribution in [0.15, 0.2) is 36.4 Å². The van der Waals surface area contributed by atoms with Crippen LogP contribution in [0.5, 0.6) is 5.75 Å². The van der Waals surface area contributed by atoms with Crippen molar-refractivity contribution in [2.24, 2.45) is 0 Å². The summed E-state index contributed by atoms with van der Waals surface area (Å²) in [6, 6.07) is 10.3. The van der Waals surface area contributed by atoms with Gasteiger partial charge in [-0.2, -0.15) is 0 Å². The molecule has 2 aromatic carbocycles. The zero-order valence-corrected chi connectivity index (χ0v) is 11.5. The number of amides is 1. The Bertz CT molecular complexity index is 621. The smallest absolute Gasteiger partial charge is 0.255 e. The maximum absolute atomic E-state index is 12.0. The molecule has 0 spiro atoms. The summed E-state index contributed by atoms with van der Waals surface area (Å²) in [4.78, 5) is 12.0. The number of aryl methyl sites for hydroxylation is 2. The molecular weight excluding hydrogens is 262 g/mol. The zero-order valence-electron chi connectivity index (χ0n) is 10.7. The number of rotatable bonds is 2. The number of nitrogens with one attached hydrogen (secondary N) is 1. The Morgan fingerprint density at radius 3 is 2.42 bits per heavy atom. The van der Waals surface area contributed by atoms with Crippen molar-refractivity contribution in [2.75, 3.05) is 5.32 Å². The van der Waals surface area contributed by atoms with E-state index in [1.54, 1.807) is 25.1 Å². The Kier molecular flexibility index (Phi) is 3.76. The van der Waals surface area contributed by atoms with Crippen molar-refractivity contribution in [3.63, 3.8) is 0 Å². The van der Waals surface area contributed by atoms with E-state index in [-0.39, 0.29) is 11.7 Å². The first kappa shape index (κ1) is 13.4. The first-order valence-electron chi connectivity index (χ1n) is 5.84. The monoisotopic (exact) mass is 275 g/mol. The molecule has 3 nitrogen and oxygen atoms in total. The maximum Gasteiger partial charge on any atom is 0.255 e. The molecule has 0 atom stereocenters. The van der Waals surface area contributed by atoms with Crippen molar-refractivity contribution < 1.29 is 9.90 Å². The second kappa shape index (κ2) is 5.33. The minimum absolute atomic E-state index is 0.0323. The van der Waals surface area contributed by atoms with E-state index in [0.717, 1.165) is 5.56 Å². The van der Waals surface area contributed by atoms with Crippen LogP contribution in [0.1, 0.15) is 21.5 Å². The fourth-order valence-corrected chi connectivity index (χ4v) is 2.00. The van der Waals surface area contributed by atoms with Crippen LogP contribution in [0.4, 0.5) is 5.69 Å². The van der Waals surface area contributed by atoms with Crippen molar-refractivity contribution in [2.45, 2.75) is 13.8 Å². The van der Waals surface area contributed by atoms with Gasteiger partial charge in [0.1, 0.15) is 5.75 Å².